The van der Waals surface area contributed by atoms with Gasteiger partial charge in [0.05, 0.1) is 19.1 Å². The highest BCUT2D eigenvalue weighted by molar-refractivity contribution is 6.31. The first-order chi connectivity index (χ1) is 11.8. The minimum absolute atomic E-state index is 0.220. The number of ether oxygens (including phenoxy) is 2. The molecule has 0 aromatic heterocycles. The molecule has 0 aliphatic carbocycles. The van der Waals surface area contributed by atoms with Gasteiger partial charge in [0.2, 0.25) is 0 Å². The molecular formula is C16H22ClN3O5. The summed E-state index contributed by atoms with van der Waals surface area (Å²) in [5.74, 6) is -1.12. The van der Waals surface area contributed by atoms with E-state index in [4.69, 9.17) is 26.8 Å². The van der Waals surface area contributed by atoms with Crippen LogP contribution >= 0.6 is 11.6 Å². The Labute approximate surface area is 151 Å². The van der Waals surface area contributed by atoms with E-state index in [0.717, 1.165) is 0 Å². The number of nitrogens with two attached hydrogens (primary N) is 1. The van der Waals surface area contributed by atoms with Crippen LogP contribution in [0.5, 0.6) is 0 Å². The maximum Gasteiger partial charge on any atom is 0.312 e. The third kappa shape index (κ3) is 7.40. The molecule has 0 saturated heterocycles. The number of carbonyl (C=O) groups excluding carboxylic acids is 3. The molecule has 0 aliphatic heterocycles. The average molecular weight is 372 g/mol. The number of rotatable bonds is 9. The van der Waals surface area contributed by atoms with Crippen LogP contribution in [0.2, 0.25) is 5.02 Å². The van der Waals surface area contributed by atoms with E-state index in [9.17, 15) is 14.4 Å². The maximum atomic E-state index is 12.1. The SMILES string of the molecule is COCCNC(=O)[C@@H](C)OC(=O)C[C@H](NC(N)=O)c1ccccc1Cl. The normalized spacial score (nSPS) is 12.8. The lowest BCUT2D eigenvalue weighted by atomic mass is 10.0. The first kappa shape index (κ1) is 20.7. The second-order valence-corrected chi connectivity index (χ2v) is 5.61. The van der Waals surface area contributed by atoms with E-state index in [2.05, 4.69) is 10.6 Å². The summed E-state index contributed by atoms with van der Waals surface area (Å²) in [6.07, 6.45) is -1.20. The van der Waals surface area contributed by atoms with Crippen LogP contribution in [0.15, 0.2) is 24.3 Å². The molecule has 0 unspecified atom stereocenters. The number of hydrogen-bond donors (Lipinski definition) is 3. The molecular weight excluding hydrogens is 350 g/mol. The molecule has 0 saturated carbocycles. The number of primary amides is 1. The molecule has 2 atom stereocenters. The van der Waals surface area contributed by atoms with Crippen molar-refractivity contribution in [2.45, 2.75) is 25.5 Å². The average Bonchev–Trinajstić information content (AvgIpc) is 2.54. The zero-order valence-electron chi connectivity index (χ0n) is 14.1. The van der Waals surface area contributed by atoms with Gasteiger partial charge >= 0.3 is 12.0 Å². The highest BCUT2D eigenvalue weighted by Crippen LogP contribution is 2.25. The molecule has 1 aromatic carbocycles. The lowest BCUT2D eigenvalue weighted by Crippen LogP contribution is -2.39. The number of methoxy groups -OCH3 is 1. The predicted octanol–water partition coefficient (Wildman–Crippen LogP) is 1.13. The molecule has 8 nitrogen and oxygen atoms in total. The Hall–Kier alpha value is -2.32. The summed E-state index contributed by atoms with van der Waals surface area (Å²) < 4.78 is 9.91. The molecule has 1 rings (SSSR count). The van der Waals surface area contributed by atoms with Gasteiger partial charge in [-0.15, -0.1) is 0 Å². The molecule has 138 valence electrons. The smallest absolute Gasteiger partial charge is 0.312 e. The second kappa shape index (κ2) is 10.5. The summed E-state index contributed by atoms with van der Waals surface area (Å²) in [7, 11) is 1.51. The van der Waals surface area contributed by atoms with E-state index < -0.39 is 30.1 Å². The number of benzene rings is 1. The third-order valence-corrected chi connectivity index (χ3v) is 3.59. The number of nitrogens with one attached hydrogen (secondary N) is 2. The zero-order valence-corrected chi connectivity index (χ0v) is 14.8. The summed E-state index contributed by atoms with van der Waals surface area (Å²) in [5.41, 5.74) is 5.68. The summed E-state index contributed by atoms with van der Waals surface area (Å²) in [4.78, 5) is 35.1. The van der Waals surface area contributed by atoms with Crippen molar-refractivity contribution in [1.29, 1.82) is 0 Å². The van der Waals surface area contributed by atoms with Crippen LogP contribution in [0.3, 0.4) is 0 Å². The third-order valence-electron chi connectivity index (χ3n) is 3.25. The Bertz CT molecular complexity index is 611. The van der Waals surface area contributed by atoms with Crippen molar-refractivity contribution in [3.63, 3.8) is 0 Å². The Kier molecular flexibility index (Phi) is 8.73. The number of amides is 3. The topological polar surface area (TPSA) is 120 Å². The standard InChI is InChI=1S/C16H22ClN3O5/c1-10(15(22)19-7-8-24-2)25-14(21)9-13(20-16(18)23)11-5-3-4-6-12(11)17/h3-6,10,13H,7-9H2,1-2H3,(H,19,22)(H3,18,20,23)/t10-,13+/m1/s1. The van der Waals surface area contributed by atoms with Crippen molar-refractivity contribution in [3.05, 3.63) is 34.9 Å². The van der Waals surface area contributed by atoms with Gasteiger partial charge in [-0.1, -0.05) is 29.8 Å². The van der Waals surface area contributed by atoms with Crippen LogP contribution < -0.4 is 16.4 Å². The number of carbonyl (C=O) groups is 3. The van der Waals surface area contributed by atoms with E-state index in [-0.39, 0.29) is 6.42 Å². The second-order valence-electron chi connectivity index (χ2n) is 5.20. The summed E-state index contributed by atoms with van der Waals surface area (Å²) >= 11 is 6.09. The minimum atomic E-state index is -0.982. The molecule has 0 heterocycles. The van der Waals surface area contributed by atoms with Crippen LogP contribution in [0.1, 0.15) is 24.9 Å². The van der Waals surface area contributed by atoms with Gasteiger partial charge in [0.25, 0.3) is 5.91 Å². The maximum absolute atomic E-state index is 12.1. The van der Waals surface area contributed by atoms with Crippen molar-refractivity contribution in [3.8, 4) is 0 Å². The van der Waals surface area contributed by atoms with Crippen LogP contribution in [0.4, 0.5) is 4.79 Å². The predicted molar refractivity (Wildman–Crippen MR) is 92.0 cm³/mol. The largest absolute Gasteiger partial charge is 0.452 e. The van der Waals surface area contributed by atoms with Crippen LogP contribution in [0, 0.1) is 0 Å². The monoisotopic (exact) mass is 371 g/mol. The highest BCUT2D eigenvalue weighted by Gasteiger charge is 2.23. The fourth-order valence-electron chi connectivity index (χ4n) is 2.05. The summed E-state index contributed by atoms with van der Waals surface area (Å²) in [6.45, 7) is 2.11. The van der Waals surface area contributed by atoms with Gasteiger partial charge < -0.3 is 25.8 Å². The molecule has 25 heavy (non-hydrogen) atoms. The molecule has 1 aromatic rings. The first-order valence-electron chi connectivity index (χ1n) is 7.61. The fraction of sp³-hybridized carbons (Fsp3) is 0.438. The summed E-state index contributed by atoms with van der Waals surface area (Å²) in [6, 6.07) is 5.16. The van der Waals surface area contributed by atoms with Gasteiger partial charge in [-0.25, -0.2) is 4.79 Å². The van der Waals surface area contributed by atoms with E-state index >= 15 is 0 Å². The van der Waals surface area contributed by atoms with Crippen molar-refractivity contribution in [2.24, 2.45) is 5.73 Å². The number of urea groups is 1. The Morgan fingerprint density at radius 3 is 2.56 bits per heavy atom. The van der Waals surface area contributed by atoms with Crippen LogP contribution in [-0.2, 0) is 19.1 Å². The van der Waals surface area contributed by atoms with Gasteiger partial charge in [-0.2, -0.15) is 0 Å². The molecule has 9 heteroatoms. The molecule has 4 N–H and O–H groups in total. The van der Waals surface area contributed by atoms with E-state index in [1.165, 1.54) is 14.0 Å². The summed E-state index contributed by atoms with van der Waals surface area (Å²) in [5, 5.41) is 5.39. The molecule has 0 bridgehead atoms. The highest BCUT2D eigenvalue weighted by atomic mass is 35.5. The molecule has 0 aliphatic rings. The van der Waals surface area contributed by atoms with Gasteiger partial charge in [0.1, 0.15) is 0 Å². The quantitative estimate of drug-likeness (QED) is 0.444. The number of halogens is 1. The first-order valence-corrected chi connectivity index (χ1v) is 7.99. The zero-order chi connectivity index (χ0) is 18.8. The molecule has 0 spiro atoms. The number of esters is 1. The van der Waals surface area contributed by atoms with E-state index in [1.54, 1.807) is 24.3 Å². The Morgan fingerprint density at radius 2 is 1.96 bits per heavy atom. The van der Waals surface area contributed by atoms with E-state index in [0.29, 0.717) is 23.7 Å². The van der Waals surface area contributed by atoms with Crippen LogP contribution in [-0.4, -0.2) is 44.3 Å². The number of hydrogen-bond acceptors (Lipinski definition) is 5. The molecule has 3 amide bonds. The van der Waals surface area contributed by atoms with Gasteiger partial charge in [-0.05, 0) is 18.6 Å². The lowest BCUT2D eigenvalue weighted by molar-refractivity contribution is -0.155. The van der Waals surface area contributed by atoms with Crippen molar-refractivity contribution in [1.82, 2.24) is 10.6 Å². The van der Waals surface area contributed by atoms with E-state index in [1.807, 2.05) is 0 Å². The minimum Gasteiger partial charge on any atom is -0.452 e. The van der Waals surface area contributed by atoms with Crippen molar-refractivity contribution >= 4 is 29.5 Å². The van der Waals surface area contributed by atoms with Crippen molar-refractivity contribution < 1.29 is 23.9 Å². The van der Waals surface area contributed by atoms with Gasteiger partial charge in [0, 0.05) is 18.7 Å². The Morgan fingerprint density at radius 1 is 1.28 bits per heavy atom. The fourth-order valence-corrected chi connectivity index (χ4v) is 2.32. The Balaban J connectivity index is 2.68. The molecule has 0 radical (unpaired) electrons. The van der Waals surface area contributed by atoms with Crippen molar-refractivity contribution in [2.75, 3.05) is 20.3 Å². The molecule has 0 fully saturated rings. The van der Waals surface area contributed by atoms with Crippen LogP contribution in [0.25, 0.3) is 0 Å². The lowest BCUT2D eigenvalue weighted by Gasteiger charge is -2.20. The van der Waals surface area contributed by atoms with Gasteiger partial charge in [-0.3, -0.25) is 9.59 Å². The van der Waals surface area contributed by atoms with Gasteiger partial charge in [0.15, 0.2) is 6.10 Å².